The Bertz CT molecular complexity index is 1580. The van der Waals surface area contributed by atoms with Crippen molar-refractivity contribution in [3.05, 3.63) is 132 Å². The summed E-state index contributed by atoms with van der Waals surface area (Å²) in [5.41, 5.74) is 4.61. The van der Waals surface area contributed by atoms with Crippen LogP contribution >= 0.6 is 0 Å². The minimum Gasteiger partial charge on any atom is -0.497 e. The van der Waals surface area contributed by atoms with Crippen LogP contribution in [0.15, 0.2) is 109 Å². The van der Waals surface area contributed by atoms with E-state index < -0.39 is 11.6 Å². The quantitative estimate of drug-likeness (QED) is 0.125. The lowest BCUT2D eigenvalue weighted by atomic mass is 9.77. The number of ether oxygens (including phenoxy) is 4. The fourth-order valence-electron chi connectivity index (χ4n) is 5.53. The van der Waals surface area contributed by atoms with Crippen LogP contribution in [0.5, 0.6) is 17.2 Å². The van der Waals surface area contributed by atoms with Crippen LogP contribution in [0.3, 0.4) is 0 Å². The first-order chi connectivity index (χ1) is 21.9. The number of carbonyl (C=O) groups is 1. The van der Waals surface area contributed by atoms with Gasteiger partial charge in [-0.1, -0.05) is 60.7 Å². The van der Waals surface area contributed by atoms with E-state index in [0.29, 0.717) is 5.56 Å². The topological polar surface area (TPSA) is 84.3 Å². The Morgan fingerprint density at radius 1 is 0.667 bits per heavy atom. The number of amides is 1. The van der Waals surface area contributed by atoms with Gasteiger partial charge in [-0.05, 0) is 64.2 Å². The Kier molecular flexibility index (Phi) is 9.51. The van der Waals surface area contributed by atoms with Crippen LogP contribution in [0.1, 0.15) is 28.4 Å². The van der Waals surface area contributed by atoms with Crippen molar-refractivity contribution in [2.45, 2.75) is 11.6 Å². The SMILES string of the molecule is COc1ccc(C(c2ccc(OC)cc2)(c2ccc(OC)cc2)n2cc(-c3ccc(C(OC)C(=O)N(C)OC)cc3)cn2)cc1. The average Bonchev–Trinajstić information content (AvgIpc) is 3.60. The van der Waals surface area contributed by atoms with Gasteiger partial charge in [0.05, 0.1) is 34.6 Å². The highest BCUT2D eigenvalue weighted by atomic mass is 16.7. The highest BCUT2D eigenvalue weighted by Crippen LogP contribution is 2.43. The first-order valence-electron chi connectivity index (χ1n) is 14.3. The molecule has 1 aromatic heterocycles. The number of methoxy groups -OCH3 is 4. The Balaban J connectivity index is 1.66. The number of benzene rings is 4. The summed E-state index contributed by atoms with van der Waals surface area (Å²) in [7, 11) is 9.46. The van der Waals surface area contributed by atoms with E-state index in [9.17, 15) is 4.79 Å². The van der Waals surface area contributed by atoms with Crippen molar-refractivity contribution in [3.8, 4) is 28.4 Å². The third-order valence-electron chi connectivity index (χ3n) is 8.04. The highest BCUT2D eigenvalue weighted by Gasteiger charge is 2.40. The normalized spacial score (nSPS) is 12.0. The number of hydrogen-bond acceptors (Lipinski definition) is 7. The molecular formula is C36H37N3O6. The van der Waals surface area contributed by atoms with Crippen molar-refractivity contribution in [1.82, 2.24) is 14.8 Å². The molecule has 0 radical (unpaired) electrons. The van der Waals surface area contributed by atoms with Gasteiger partial charge in [0.15, 0.2) is 6.10 Å². The molecule has 9 heteroatoms. The largest absolute Gasteiger partial charge is 0.497 e. The molecule has 1 atom stereocenters. The van der Waals surface area contributed by atoms with Crippen LogP contribution < -0.4 is 14.2 Å². The van der Waals surface area contributed by atoms with Crippen molar-refractivity contribution in [2.75, 3.05) is 42.6 Å². The Labute approximate surface area is 263 Å². The molecule has 9 nitrogen and oxygen atoms in total. The number of carbonyl (C=O) groups excluding carboxylic acids is 1. The molecule has 4 aromatic carbocycles. The molecule has 1 heterocycles. The molecule has 5 aromatic rings. The summed E-state index contributed by atoms with van der Waals surface area (Å²) in [5.74, 6) is 1.96. The minimum absolute atomic E-state index is 0.302. The number of rotatable bonds is 12. The van der Waals surface area contributed by atoms with Crippen molar-refractivity contribution < 1.29 is 28.6 Å². The third-order valence-corrected chi connectivity index (χ3v) is 8.04. The van der Waals surface area contributed by atoms with E-state index >= 15 is 0 Å². The molecule has 45 heavy (non-hydrogen) atoms. The summed E-state index contributed by atoms with van der Waals surface area (Å²) in [5, 5.41) is 6.14. The van der Waals surface area contributed by atoms with Crippen LogP contribution in [0, 0.1) is 0 Å². The van der Waals surface area contributed by atoms with E-state index in [1.165, 1.54) is 14.2 Å². The van der Waals surface area contributed by atoms with Crippen molar-refractivity contribution >= 4 is 5.91 Å². The maximum absolute atomic E-state index is 12.7. The van der Waals surface area contributed by atoms with Crippen LogP contribution in [0.2, 0.25) is 0 Å². The van der Waals surface area contributed by atoms with E-state index in [4.69, 9.17) is 28.9 Å². The number of nitrogens with zero attached hydrogens (tertiary/aromatic N) is 3. The molecular weight excluding hydrogens is 570 g/mol. The van der Waals surface area contributed by atoms with Gasteiger partial charge < -0.3 is 18.9 Å². The molecule has 0 N–H and O–H groups in total. The van der Waals surface area contributed by atoms with Gasteiger partial charge >= 0.3 is 0 Å². The predicted octanol–water partition coefficient (Wildman–Crippen LogP) is 6.12. The molecule has 232 valence electrons. The lowest BCUT2D eigenvalue weighted by molar-refractivity contribution is -0.179. The van der Waals surface area contributed by atoms with Gasteiger partial charge in [0.1, 0.15) is 22.8 Å². The number of hydroxylamine groups is 2. The fraction of sp³-hybridized carbons (Fsp3) is 0.222. The first kappa shape index (κ1) is 31.3. The van der Waals surface area contributed by atoms with E-state index in [0.717, 1.165) is 50.1 Å². The van der Waals surface area contributed by atoms with Crippen molar-refractivity contribution in [3.63, 3.8) is 0 Å². The fourth-order valence-corrected chi connectivity index (χ4v) is 5.53. The predicted molar refractivity (Wildman–Crippen MR) is 171 cm³/mol. The third kappa shape index (κ3) is 6.00. The Morgan fingerprint density at radius 3 is 1.49 bits per heavy atom. The van der Waals surface area contributed by atoms with Crippen molar-refractivity contribution in [2.24, 2.45) is 0 Å². The molecule has 1 amide bonds. The summed E-state index contributed by atoms with van der Waals surface area (Å²) in [6.45, 7) is 0. The summed E-state index contributed by atoms with van der Waals surface area (Å²) in [4.78, 5) is 17.8. The zero-order valence-electron chi connectivity index (χ0n) is 26.3. The monoisotopic (exact) mass is 607 g/mol. The minimum atomic E-state index is -0.874. The lowest BCUT2D eigenvalue weighted by Crippen LogP contribution is -2.38. The second-order valence-corrected chi connectivity index (χ2v) is 10.3. The van der Waals surface area contributed by atoms with Crippen LogP contribution in [0.4, 0.5) is 0 Å². The summed E-state index contributed by atoms with van der Waals surface area (Å²) >= 11 is 0. The molecule has 0 fully saturated rings. The van der Waals surface area contributed by atoms with Gasteiger partial charge in [0, 0.05) is 25.9 Å². The molecule has 1 unspecified atom stereocenters. The van der Waals surface area contributed by atoms with E-state index in [-0.39, 0.29) is 5.91 Å². The van der Waals surface area contributed by atoms with Crippen LogP contribution in [-0.4, -0.2) is 63.3 Å². The molecule has 0 bridgehead atoms. The zero-order valence-corrected chi connectivity index (χ0v) is 26.3. The standard InChI is InChI=1S/C36H37N3O6/c1-38(45-6)35(40)34(44-5)26-9-7-25(8-10-26)27-23-37-39(24-27)36(28-11-17-31(41-2)18-12-28,29-13-19-32(42-3)20-14-29)30-15-21-33(43-4)22-16-30/h7-24,34H,1-6H3. The van der Waals surface area contributed by atoms with E-state index in [2.05, 4.69) is 36.4 Å². The Morgan fingerprint density at radius 2 is 1.11 bits per heavy atom. The number of aromatic nitrogens is 2. The van der Waals surface area contributed by atoms with Gasteiger partial charge in [0.25, 0.3) is 5.91 Å². The molecule has 0 spiro atoms. The smallest absolute Gasteiger partial charge is 0.279 e. The second-order valence-electron chi connectivity index (χ2n) is 10.3. The molecule has 5 rings (SSSR count). The lowest BCUT2D eigenvalue weighted by Gasteiger charge is -2.36. The summed E-state index contributed by atoms with van der Waals surface area (Å²) in [6, 6.07) is 31.7. The summed E-state index contributed by atoms with van der Waals surface area (Å²) < 4.78 is 24.0. The average molecular weight is 608 g/mol. The second kappa shape index (κ2) is 13.7. The van der Waals surface area contributed by atoms with Gasteiger partial charge in [-0.2, -0.15) is 5.10 Å². The Hall–Kier alpha value is -5.12. The molecule has 0 saturated heterocycles. The van der Waals surface area contributed by atoms with Crippen LogP contribution in [0.25, 0.3) is 11.1 Å². The molecule has 0 aliphatic rings. The van der Waals surface area contributed by atoms with Gasteiger partial charge in [-0.25, -0.2) is 5.06 Å². The maximum Gasteiger partial charge on any atom is 0.279 e. The van der Waals surface area contributed by atoms with E-state index in [1.54, 1.807) is 28.4 Å². The maximum atomic E-state index is 12.7. The van der Waals surface area contributed by atoms with Crippen molar-refractivity contribution in [1.29, 1.82) is 0 Å². The molecule has 0 aliphatic carbocycles. The molecule has 0 aliphatic heterocycles. The highest BCUT2D eigenvalue weighted by molar-refractivity contribution is 5.81. The van der Waals surface area contributed by atoms with Gasteiger partial charge in [-0.3, -0.25) is 14.3 Å². The number of likely N-dealkylation sites (N-methyl/N-ethyl adjacent to an activating group) is 1. The molecule has 0 saturated carbocycles. The zero-order chi connectivity index (χ0) is 32.0. The summed E-state index contributed by atoms with van der Waals surface area (Å²) in [6.07, 6.45) is 3.09. The van der Waals surface area contributed by atoms with Crippen LogP contribution in [-0.2, 0) is 19.9 Å². The first-order valence-corrected chi connectivity index (χ1v) is 14.3. The van der Waals surface area contributed by atoms with E-state index in [1.807, 2.05) is 77.7 Å². The van der Waals surface area contributed by atoms with Gasteiger partial charge in [-0.15, -0.1) is 0 Å². The number of hydrogen-bond donors (Lipinski definition) is 0. The van der Waals surface area contributed by atoms with Gasteiger partial charge in [0.2, 0.25) is 0 Å².